The van der Waals surface area contributed by atoms with Crippen molar-refractivity contribution in [2.24, 2.45) is 10.4 Å². The number of hydrogen-bond acceptors (Lipinski definition) is 3. The Bertz CT molecular complexity index is 334. The van der Waals surface area contributed by atoms with Gasteiger partial charge in [-0.2, -0.15) is 0 Å². The van der Waals surface area contributed by atoms with Gasteiger partial charge in [-0.3, -0.25) is 4.79 Å². The van der Waals surface area contributed by atoms with Gasteiger partial charge in [0, 0.05) is 26.2 Å². The lowest BCUT2D eigenvalue weighted by Gasteiger charge is -2.32. The molecule has 7 heteroatoms. The normalized spacial score (nSPS) is 11.6. The Kier molecular flexibility index (Phi) is 16.1. The van der Waals surface area contributed by atoms with Crippen molar-refractivity contribution in [3.05, 3.63) is 0 Å². The van der Waals surface area contributed by atoms with Crippen LogP contribution in [-0.4, -0.2) is 49.8 Å². The molecule has 0 atom stereocenters. The average Bonchev–Trinajstić information content (AvgIpc) is 2.54. The maximum Gasteiger partial charge on any atom is 0.241 e. The third-order valence-electron chi connectivity index (χ3n) is 4.07. The molecule has 0 rings (SSSR count). The van der Waals surface area contributed by atoms with Gasteiger partial charge in [0.1, 0.15) is 6.54 Å². The van der Waals surface area contributed by atoms with E-state index in [1.165, 1.54) is 0 Å². The lowest BCUT2D eigenvalue weighted by Crippen LogP contribution is -2.44. The number of aliphatic hydroxyl groups is 1. The zero-order chi connectivity index (χ0) is 16.8. The van der Waals surface area contributed by atoms with Gasteiger partial charge in [-0.25, -0.2) is 4.99 Å². The molecule has 0 fully saturated rings. The van der Waals surface area contributed by atoms with Crippen LogP contribution in [0.3, 0.4) is 0 Å². The Morgan fingerprint density at radius 2 is 1.74 bits per heavy atom. The number of halogens is 1. The van der Waals surface area contributed by atoms with Gasteiger partial charge in [-0.1, -0.05) is 20.8 Å². The van der Waals surface area contributed by atoms with E-state index in [1.54, 1.807) is 0 Å². The van der Waals surface area contributed by atoms with Crippen molar-refractivity contribution in [1.29, 1.82) is 0 Å². The maximum absolute atomic E-state index is 11.6. The second-order valence-corrected chi connectivity index (χ2v) is 5.58. The third kappa shape index (κ3) is 10.8. The largest absolute Gasteiger partial charge is 0.396 e. The molecule has 0 aliphatic heterocycles. The van der Waals surface area contributed by atoms with Crippen molar-refractivity contribution in [3.63, 3.8) is 0 Å². The number of aliphatic hydroxyl groups excluding tert-OH is 1. The highest BCUT2D eigenvalue weighted by Crippen LogP contribution is 2.29. The van der Waals surface area contributed by atoms with E-state index in [1.807, 2.05) is 13.8 Å². The summed E-state index contributed by atoms with van der Waals surface area (Å²) >= 11 is 0. The van der Waals surface area contributed by atoms with E-state index in [0.29, 0.717) is 12.5 Å². The van der Waals surface area contributed by atoms with Crippen molar-refractivity contribution in [1.82, 2.24) is 16.0 Å². The molecule has 0 aliphatic rings. The van der Waals surface area contributed by atoms with Crippen LogP contribution in [0.5, 0.6) is 0 Å². The summed E-state index contributed by atoms with van der Waals surface area (Å²) in [4.78, 5) is 15.9. The zero-order valence-electron chi connectivity index (χ0n) is 15.1. The Balaban J connectivity index is 0. The molecule has 0 saturated heterocycles. The highest BCUT2D eigenvalue weighted by atomic mass is 127. The topological polar surface area (TPSA) is 85.8 Å². The fraction of sp³-hybridized carbons (Fsp3) is 0.875. The lowest BCUT2D eigenvalue weighted by atomic mass is 9.79. The molecule has 0 unspecified atom stereocenters. The number of carbonyl (C=O) groups is 1. The number of carbonyl (C=O) groups excluding carboxylic acids is 1. The highest BCUT2D eigenvalue weighted by molar-refractivity contribution is 14.0. The van der Waals surface area contributed by atoms with E-state index in [4.69, 9.17) is 0 Å². The molecule has 0 aromatic rings. The van der Waals surface area contributed by atoms with E-state index in [-0.39, 0.29) is 48.5 Å². The van der Waals surface area contributed by atoms with Gasteiger partial charge in [-0.05, 0) is 38.0 Å². The van der Waals surface area contributed by atoms with Crippen molar-refractivity contribution in [2.75, 3.05) is 32.8 Å². The van der Waals surface area contributed by atoms with Crippen LogP contribution in [0.4, 0.5) is 0 Å². The average molecular weight is 442 g/mol. The molecule has 23 heavy (non-hydrogen) atoms. The molecule has 0 aromatic carbocycles. The molecule has 0 radical (unpaired) electrons. The highest BCUT2D eigenvalue weighted by Gasteiger charge is 2.25. The number of nitrogens with zero attached hydrogens (tertiary/aromatic N) is 1. The number of guanidine groups is 1. The van der Waals surface area contributed by atoms with Crippen LogP contribution in [0.25, 0.3) is 0 Å². The molecule has 6 nitrogen and oxygen atoms in total. The minimum absolute atomic E-state index is 0. The summed E-state index contributed by atoms with van der Waals surface area (Å²) in [6.45, 7) is 10.8. The van der Waals surface area contributed by atoms with Crippen LogP contribution in [0.1, 0.15) is 53.4 Å². The van der Waals surface area contributed by atoms with Gasteiger partial charge in [0.05, 0.1) is 0 Å². The van der Waals surface area contributed by atoms with Crippen LogP contribution in [-0.2, 0) is 4.79 Å². The standard InChI is InChI=1S/C16H34N4O2.HI/c1-5-10-18-14(22)12-19-15(17-8-4)20-13-16(6-2,7-3)9-11-21;/h21H,5-13H2,1-4H3,(H,18,22)(H2,17,19,20);1H. The molecule has 1 amide bonds. The number of aliphatic imine (C=N–C) groups is 1. The van der Waals surface area contributed by atoms with Gasteiger partial charge in [0.15, 0.2) is 5.96 Å². The van der Waals surface area contributed by atoms with E-state index < -0.39 is 0 Å². The summed E-state index contributed by atoms with van der Waals surface area (Å²) in [5.41, 5.74) is 0.0649. The fourth-order valence-electron chi connectivity index (χ4n) is 2.26. The second-order valence-electron chi connectivity index (χ2n) is 5.58. The van der Waals surface area contributed by atoms with Crippen LogP contribution >= 0.6 is 24.0 Å². The Hall–Kier alpha value is -0.570. The summed E-state index contributed by atoms with van der Waals surface area (Å²) in [5, 5.41) is 18.5. The first kappa shape index (κ1) is 24.7. The van der Waals surface area contributed by atoms with Crippen molar-refractivity contribution in [3.8, 4) is 0 Å². The first-order valence-corrected chi connectivity index (χ1v) is 8.47. The van der Waals surface area contributed by atoms with Crippen LogP contribution < -0.4 is 16.0 Å². The molecule has 4 N–H and O–H groups in total. The smallest absolute Gasteiger partial charge is 0.241 e. The van der Waals surface area contributed by atoms with Crippen molar-refractivity contribution >= 4 is 35.8 Å². The predicted molar refractivity (Wildman–Crippen MR) is 107 cm³/mol. The lowest BCUT2D eigenvalue weighted by molar-refractivity contribution is -0.119. The molecule has 0 aromatic heterocycles. The van der Waals surface area contributed by atoms with Crippen LogP contribution in [0.15, 0.2) is 4.99 Å². The van der Waals surface area contributed by atoms with Gasteiger partial charge in [0.25, 0.3) is 0 Å². The summed E-state index contributed by atoms with van der Waals surface area (Å²) in [7, 11) is 0. The van der Waals surface area contributed by atoms with Crippen molar-refractivity contribution < 1.29 is 9.90 Å². The third-order valence-corrected chi connectivity index (χ3v) is 4.07. The monoisotopic (exact) mass is 442 g/mol. The molecule has 0 saturated carbocycles. The summed E-state index contributed by atoms with van der Waals surface area (Å²) in [6.07, 6.45) is 3.68. The Morgan fingerprint density at radius 3 is 2.22 bits per heavy atom. The van der Waals surface area contributed by atoms with E-state index in [9.17, 15) is 9.90 Å². The molecule has 0 heterocycles. The first-order chi connectivity index (χ1) is 10.6. The minimum atomic E-state index is -0.0633. The molecular formula is C16H35IN4O2. The van der Waals surface area contributed by atoms with Crippen molar-refractivity contribution in [2.45, 2.75) is 53.4 Å². The number of rotatable bonds is 11. The molecule has 0 spiro atoms. The predicted octanol–water partition coefficient (Wildman–Crippen LogP) is 1.87. The van der Waals surface area contributed by atoms with Gasteiger partial charge in [0.2, 0.25) is 5.91 Å². The molecule has 138 valence electrons. The number of hydrogen-bond donors (Lipinski definition) is 4. The summed E-state index contributed by atoms with van der Waals surface area (Å²) in [5.74, 6) is 0.588. The second kappa shape index (κ2) is 15.0. The Morgan fingerprint density at radius 1 is 1.09 bits per heavy atom. The minimum Gasteiger partial charge on any atom is -0.396 e. The van der Waals surface area contributed by atoms with Crippen LogP contribution in [0.2, 0.25) is 0 Å². The van der Waals surface area contributed by atoms with Gasteiger partial charge in [-0.15, -0.1) is 24.0 Å². The summed E-state index contributed by atoms with van der Waals surface area (Å²) in [6, 6.07) is 0. The van der Waals surface area contributed by atoms with E-state index >= 15 is 0 Å². The molecule has 0 bridgehead atoms. The van der Waals surface area contributed by atoms with Gasteiger partial charge < -0.3 is 21.1 Å². The maximum atomic E-state index is 11.6. The molecular weight excluding hydrogens is 407 g/mol. The van der Waals surface area contributed by atoms with E-state index in [0.717, 1.165) is 38.8 Å². The molecule has 0 aliphatic carbocycles. The SMILES string of the molecule is CCCNC(=O)CN=C(NCC)NCC(CC)(CC)CCO.I. The number of nitrogens with one attached hydrogen (secondary N) is 3. The first-order valence-electron chi connectivity index (χ1n) is 8.47. The number of amides is 1. The van der Waals surface area contributed by atoms with E-state index in [2.05, 4.69) is 34.8 Å². The van der Waals surface area contributed by atoms with Gasteiger partial charge >= 0.3 is 0 Å². The Labute approximate surface area is 158 Å². The zero-order valence-corrected chi connectivity index (χ0v) is 17.4. The quantitative estimate of drug-likeness (QED) is 0.224. The van der Waals surface area contributed by atoms with Crippen LogP contribution in [0, 0.1) is 5.41 Å². The fourth-order valence-corrected chi connectivity index (χ4v) is 2.26. The summed E-state index contributed by atoms with van der Waals surface area (Å²) < 4.78 is 0.